The molecule has 9 nitrogen and oxygen atoms in total. The summed E-state index contributed by atoms with van der Waals surface area (Å²) in [6.45, 7) is 10.1. The van der Waals surface area contributed by atoms with Crippen LogP contribution >= 0.6 is 11.3 Å². The van der Waals surface area contributed by atoms with Crippen molar-refractivity contribution >= 4 is 33.1 Å². The van der Waals surface area contributed by atoms with Crippen LogP contribution in [0.2, 0.25) is 0 Å². The summed E-state index contributed by atoms with van der Waals surface area (Å²) in [7, 11) is -3.60. The normalized spacial score (nSPS) is 11.7. The maximum absolute atomic E-state index is 12.8. The number of hydrogen-bond acceptors (Lipinski definition) is 8. The molecule has 3 heterocycles. The predicted octanol–water partition coefficient (Wildman–Crippen LogP) is 4.43. The van der Waals surface area contributed by atoms with E-state index in [1.807, 2.05) is 49.6 Å². The molecule has 4 aromatic rings. The van der Waals surface area contributed by atoms with Crippen molar-refractivity contribution in [3.8, 4) is 22.5 Å². The SMILES string of the molecule is Cc1cc(-c2cccc(-c3csc(CC(=O)CNC(=O)c4cn(S(=O)(=O)C(C)C)c(C)c4C)n3)c2)nc(C)n1. The third kappa shape index (κ3) is 6.15. The lowest BCUT2D eigenvalue weighted by molar-refractivity contribution is -0.117. The number of ketones is 1. The predicted molar refractivity (Wildman–Crippen MR) is 152 cm³/mol. The van der Waals surface area contributed by atoms with E-state index in [1.165, 1.54) is 17.5 Å². The van der Waals surface area contributed by atoms with Crippen molar-refractivity contribution in [2.24, 2.45) is 0 Å². The maximum atomic E-state index is 12.8. The quantitative estimate of drug-likeness (QED) is 0.318. The summed E-state index contributed by atoms with van der Waals surface area (Å²) in [5, 5.41) is 4.54. The number of aryl methyl sites for hydroxylation is 2. The summed E-state index contributed by atoms with van der Waals surface area (Å²) in [5.41, 5.74) is 5.63. The second-order valence-electron chi connectivity index (χ2n) is 9.69. The van der Waals surface area contributed by atoms with Gasteiger partial charge in [0.15, 0.2) is 5.78 Å². The van der Waals surface area contributed by atoms with E-state index < -0.39 is 21.2 Å². The molecule has 204 valence electrons. The average Bonchev–Trinajstić information content (AvgIpc) is 3.46. The zero-order valence-corrected chi connectivity index (χ0v) is 24.4. The van der Waals surface area contributed by atoms with Crippen molar-refractivity contribution in [3.05, 3.63) is 75.3 Å². The number of amides is 1. The molecule has 0 aliphatic carbocycles. The Morgan fingerprint density at radius 3 is 2.36 bits per heavy atom. The van der Waals surface area contributed by atoms with E-state index in [0.717, 1.165) is 32.2 Å². The van der Waals surface area contributed by atoms with Gasteiger partial charge in [0.2, 0.25) is 10.0 Å². The lowest BCUT2D eigenvalue weighted by atomic mass is 10.1. The average molecular weight is 566 g/mol. The molecule has 0 aliphatic heterocycles. The number of hydrogen-bond donors (Lipinski definition) is 1. The van der Waals surface area contributed by atoms with E-state index in [9.17, 15) is 18.0 Å². The van der Waals surface area contributed by atoms with Gasteiger partial charge in [-0.1, -0.05) is 18.2 Å². The molecular weight excluding hydrogens is 534 g/mol. The monoisotopic (exact) mass is 565 g/mol. The zero-order valence-electron chi connectivity index (χ0n) is 22.8. The van der Waals surface area contributed by atoms with Crippen molar-refractivity contribution in [2.45, 2.75) is 53.2 Å². The maximum Gasteiger partial charge on any atom is 0.253 e. The lowest BCUT2D eigenvalue weighted by Gasteiger charge is -2.10. The first-order valence-corrected chi connectivity index (χ1v) is 14.9. The molecule has 0 fully saturated rings. The number of carbonyl (C=O) groups excluding carboxylic acids is 2. The van der Waals surface area contributed by atoms with Crippen molar-refractivity contribution in [2.75, 3.05) is 6.54 Å². The Morgan fingerprint density at radius 1 is 1.00 bits per heavy atom. The molecule has 0 unspecified atom stereocenters. The van der Waals surface area contributed by atoms with Gasteiger partial charge < -0.3 is 5.32 Å². The van der Waals surface area contributed by atoms with Crippen LogP contribution in [0.15, 0.2) is 41.9 Å². The number of Topliss-reactive ketones (excluding diaryl/α,β-unsaturated/α-hetero) is 1. The van der Waals surface area contributed by atoms with E-state index in [0.29, 0.717) is 22.1 Å². The second-order valence-corrected chi connectivity index (χ2v) is 13.0. The molecule has 0 aliphatic rings. The molecule has 4 rings (SSSR count). The van der Waals surface area contributed by atoms with Gasteiger partial charge in [-0.15, -0.1) is 11.3 Å². The zero-order chi connectivity index (χ0) is 28.5. The molecule has 0 saturated carbocycles. The lowest BCUT2D eigenvalue weighted by Crippen LogP contribution is -2.30. The fourth-order valence-electron chi connectivity index (χ4n) is 4.12. The molecule has 0 spiro atoms. The summed E-state index contributed by atoms with van der Waals surface area (Å²) in [6, 6.07) is 9.84. The first kappa shape index (κ1) is 28.3. The van der Waals surface area contributed by atoms with Crippen molar-refractivity contribution < 1.29 is 18.0 Å². The van der Waals surface area contributed by atoms with Gasteiger partial charge >= 0.3 is 0 Å². The highest BCUT2D eigenvalue weighted by Gasteiger charge is 2.25. The third-order valence-corrected chi connectivity index (χ3v) is 9.37. The van der Waals surface area contributed by atoms with E-state index in [-0.39, 0.29) is 24.3 Å². The van der Waals surface area contributed by atoms with E-state index in [1.54, 1.807) is 27.7 Å². The highest BCUT2D eigenvalue weighted by atomic mass is 32.2. The minimum atomic E-state index is -3.60. The van der Waals surface area contributed by atoms with Gasteiger partial charge in [-0.05, 0) is 59.2 Å². The minimum Gasteiger partial charge on any atom is -0.345 e. The Balaban J connectivity index is 1.41. The number of aromatic nitrogens is 4. The van der Waals surface area contributed by atoms with Crippen LogP contribution in [0.4, 0.5) is 0 Å². The number of rotatable bonds is 9. The van der Waals surface area contributed by atoms with E-state index >= 15 is 0 Å². The molecule has 1 aromatic carbocycles. The van der Waals surface area contributed by atoms with Crippen LogP contribution < -0.4 is 5.32 Å². The molecule has 0 radical (unpaired) electrons. The van der Waals surface area contributed by atoms with Gasteiger partial charge in [-0.25, -0.2) is 27.3 Å². The topological polar surface area (TPSA) is 124 Å². The Hall–Kier alpha value is -3.70. The van der Waals surface area contributed by atoms with Crippen LogP contribution in [0.25, 0.3) is 22.5 Å². The standard InChI is InChI=1S/C28H31N5O4S2/c1-16(2)39(36,37)33-14-24(18(4)19(33)5)28(35)29-13-23(34)12-27-32-26(15-38-27)22-9-7-8-21(11-22)25-10-17(3)30-20(6)31-25/h7-11,14-16H,12-13H2,1-6H3,(H,29,35). The van der Waals surface area contributed by atoms with Crippen LogP contribution in [-0.4, -0.2) is 50.8 Å². The van der Waals surface area contributed by atoms with Crippen molar-refractivity contribution in [1.82, 2.24) is 24.2 Å². The van der Waals surface area contributed by atoms with Gasteiger partial charge in [0.05, 0.1) is 35.2 Å². The van der Waals surface area contributed by atoms with Gasteiger partial charge in [-0.3, -0.25) is 9.59 Å². The van der Waals surface area contributed by atoms with E-state index in [4.69, 9.17) is 0 Å². The van der Waals surface area contributed by atoms with E-state index in [2.05, 4.69) is 20.3 Å². The molecule has 0 atom stereocenters. The molecule has 3 aromatic heterocycles. The first-order valence-electron chi connectivity index (χ1n) is 12.5. The molecule has 1 amide bonds. The van der Waals surface area contributed by atoms with Crippen LogP contribution in [0, 0.1) is 27.7 Å². The molecular formula is C28H31N5O4S2. The van der Waals surface area contributed by atoms with Crippen LogP contribution in [0.3, 0.4) is 0 Å². The smallest absolute Gasteiger partial charge is 0.253 e. The molecule has 0 bridgehead atoms. The van der Waals surface area contributed by atoms with Crippen molar-refractivity contribution in [1.29, 1.82) is 0 Å². The number of carbonyl (C=O) groups is 2. The minimum absolute atomic E-state index is 0.0791. The van der Waals surface area contributed by atoms with Gasteiger partial charge in [0.25, 0.3) is 5.91 Å². The van der Waals surface area contributed by atoms with Crippen LogP contribution in [-0.2, 0) is 21.2 Å². The van der Waals surface area contributed by atoms with Crippen LogP contribution in [0.5, 0.6) is 0 Å². The Morgan fingerprint density at radius 2 is 1.69 bits per heavy atom. The third-order valence-electron chi connectivity index (χ3n) is 6.40. The Bertz CT molecular complexity index is 1650. The first-order chi connectivity index (χ1) is 18.4. The van der Waals surface area contributed by atoms with Gasteiger partial charge in [-0.2, -0.15) is 0 Å². The summed E-state index contributed by atoms with van der Waals surface area (Å²) < 4.78 is 26.3. The molecule has 39 heavy (non-hydrogen) atoms. The number of nitrogens with zero attached hydrogens (tertiary/aromatic N) is 4. The molecule has 11 heteroatoms. The highest BCUT2D eigenvalue weighted by Crippen LogP contribution is 2.27. The molecule has 1 N–H and O–H groups in total. The Labute approximate surface area is 232 Å². The Kier molecular flexibility index (Phi) is 8.12. The molecule has 0 saturated heterocycles. The summed E-state index contributed by atoms with van der Waals surface area (Å²) in [5.74, 6) is 0.0162. The fourth-order valence-corrected chi connectivity index (χ4v) is 6.18. The number of nitrogens with one attached hydrogen (secondary N) is 1. The van der Waals surface area contributed by atoms with Crippen LogP contribution in [0.1, 0.15) is 52.0 Å². The summed E-state index contributed by atoms with van der Waals surface area (Å²) in [4.78, 5) is 38.9. The fraction of sp³-hybridized carbons (Fsp3) is 0.321. The summed E-state index contributed by atoms with van der Waals surface area (Å²) in [6.07, 6.45) is 1.40. The number of benzene rings is 1. The largest absolute Gasteiger partial charge is 0.345 e. The highest BCUT2D eigenvalue weighted by molar-refractivity contribution is 7.90. The van der Waals surface area contributed by atoms with Gasteiger partial charge in [0.1, 0.15) is 10.8 Å². The van der Waals surface area contributed by atoms with Gasteiger partial charge in [0, 0.05) is 34.1 Å². The number of thiazole rings is 1. The summed E-state index contributed by atoms with van der Waals surface area (Å²) >= 11 is 1.38. The van der Waals surface area contributed by atoms with Crippen molar-refractivity contribution in [3.63, 3.8) is 0 Å². The second kappa shape index (κ2) is 11.2.